The second-order valence-corrected chi connectivity index (χ2v) is 18.6. The van der Waals surface area contributed by atoms with Gasteiger partial charge in [0.15, 0.2) is 9.84 Å². The number of hydrogen-bond acceptors (Lipinski definition) is 2. The van der Waals surface area contributed by atoms with E-state index in [0.29, 0.717) is 4.90 Å². The van der Waals surface area contributed by atoms with E-state index in [4.69, 9.17) is 11.6 Å². The number of allylic oxidation sites excluding steroid dienone is 16. The summed E-state index contributed by atoms with van der Waals surface area (Å²) < 4.78 is 28.3. The Bertz CT molecular complexity index is 1720. The van der Waals surface area contributed by atoms with E-state index in [0.717, 1.165) is 43.3 Å². The van der Waals surface area contributed by atoms with Gasteiger partial charge in [0, 0.05) is 0 Å². The van der Waals surface area contributed by atoms with Crippen molar-refractivity contribution in [3.05, 3.63) is 136 Å². The van der Waals surface area contributed by atoms with Crippen LogP contribution in [0, 0.1) is 10.8 Å². The minimum absolute atomic E-state index is 0.196. The van der Waals surface area contributed by atoms with Crippen molar-refractivity contribution in [2.75, 3.05) is 0 Å². The van der Waals surface area contributed by atoms with Gasteiger partial charge in [-0.2, -0.15) is 0 Å². The molecule has 1 aromatic carbocycles. The van der Waals surface area contributed by atoms with E-state index in [2.05, 4.69) is 117 Å². The van der Waals surface area contributed by atoms with E-state index in [1.807, 2.05) is 19.1 Å². The molecule has 0 saturated heterocycles. The molecule has 0 aromatic heterocycles. The lowest BCUT2D eigenvalue weighted by Crippen LogP contribution is -2.34. The summed E-state index contributed by atoms with van der Waals surface area (Å²) in [5.74, 6) is 0. The van der Waals surface area contributed by atoms with Gasteiger partial charge in [-0.05, 0) is 127 Å². The van der Waals surface area contributed by atoms with Gasteiger partial charge in [0.25, 0.3) is 0 Å². The van der Waals surface area contributed by atoms with Crippen molar-refractivity contribution < 1.29 is 8.42 Å². The zero-order valence-electron chi connectivity index (χ0n) is 32.6. The first-order chi connectivity index (χ1) is 23.5. The highest BCUT2D eigenvalue weighted by atomic mass is 35.5. The van der Waals surface area contributed by atoms with E-state index in [1.165, 1.54) is 52.7 Å². The van der Waals surface area contributed by atoms with Crippen LogP contribution in [-0.2, 0) is 9.84 Å². The first kappa shape index (κ1) is 41.5. The van der Waals surface area contributed by atoms with Gasteiger partial charge in [-0.15, -0.1) is 11.6 Å². The maximum atomic E-state index is 14.1. The largest absolute Gasteiger partial charge is 0.223 e. The number of benzene rings is 1. The lowest BCUT2D eigenvalue weighted by molar-refractivity contribution is 0.360. The van der Waals surface area contributed by atoms with Crippen molar-refractivity contribution in [2.45, 2.75) is 136 Å². The molecule has 4 heteroatoms. The summed E-state index contributed by atoms with van der Waals surface area (Å²) in [4.78, 5) is 0.359. The molecule has 0 heterocycles. The summed E-state index contributed by atoms with van der Waals surface area (Å²) in [6, 6.07) is 8.86. The molecule has 272 valence electrons. The molecular weight excluding hydrogens is 652 g/mol. The van der Waals surface area contributed by atoms with Gasteiger partial charge in [0.1, 0.15) is 5.25 Å². The fourth-order valence-electron chi connectivity index (χ4n) is 7.48. The van der Waals surface area contributed by atoms with Gasteiger partial charge in [0.2, 0.25) is 0 Å². The number of alkyl halides is 1. The van der Waals surface area contributed by atoms with Gasteiger partial charge in [-0.1, -0.05) is 140 Å². The van der Waals surface area contributed by atoms with E-state index >= 15 is 0 Å². The van der Waals surface area contributed by atoms with E-state index in [1.54, 1.807) is 24.3 Å². The molecule has 0 amide bonds. The first-order valence-electron chi connectivity index (χ1n) is 18.5. The maximum absolute atomic E-state index is 14.1. The van der Waals surface area contributed by atoms with Gasteiger partial charge in [-0.3, -0.25) is 0 Å². The average Bonchev–Trinajstić information content (AvgIpc) is 3.04. The van der Waals surface area contributed by atoms with Crippen LogP contribution < -0.4 is 0 Å². The molecule has 2 unspecified atom stereocenters. The van der Waals surface area contributed by atoms with E-state index < -0.39 is 15.1 Å². The van der Waals surface area contributed by atoms with E-state index in [-0.39, 0.29) is 16.2 Å². The van der Waals surface area contributed by atoms with Crippen molar-refractivity contribution in [1.82, 2.24) is 0 Å². The zero-order chi connectivity index (χ0) is 37.1. The lowest BCUT2D eigenvalue weighted by atomic mass is 9.71. The Morgan fingerprint density at radius 3 is 2.02 bits per heavy atom. The number of halogens is 1. The molecule has 2 aliphatic carbocycles. The quantitative estimate of drug-likeness (QED) is 0.109. The lowest BCUT2D eigenvalue weighted by Gasteiger charge is -2.38. The van der Waals surface area contributed by atoms with Crippen LogP contribution in [0.2, 0.25) is 0 Å². The molecule has 0 spiro atoms. The summed E-state index contributed by atoms with van der Waals surface area (Å²) >= 11 is 6.96. The Balaban J connectivity index is 1.64. The van der Waals surface area contributed by atoms with Gasteiger partial charge >= 0.3 is 0 Å². The van der Waals surface area contributed by atoms with Crippen molar-refractivity contribution >= 4 is 21.4 Å². The monoisotopic (exact) mass is 714 g/mol. The fraction of sp³-hybridized carbons (Fsp3) is 0.478. The molecule has 2 atom stereocenters. The Labute approximate surface area is 311 Å². The Kier molecular flexibility index (Phi) is 15.4. The van der Waals surface area contributed by atoms with Crippen molar-refractivity contribution in [3.63, 3.8) is 0 Å². The Hall–Kier alpha value is -2.88. The van der Waals surface area contributed by atoms with Crippen molar-refractivity contribution in [3.8, 4) is 0 Å². The summed E-state index contributed by atoms with van der Waals surface area (Å²) in [6.45, 7) is 21.8. The minimum Gasteiger partial charge on any atom is -0.223 e. The third kappa shape index (κ3) is 11.8. The predicted molar refractivity (Wildman–Crippen MR) is 219 cm³/mol. The van der Waals surface area contributed by atoms with Crippen LogP contribution in [0.25, 0.3) is 0 Å². The number of rotatable bonds is 14. The standard InChI is InChI=1S/C46H63ClO2S/c1-34(21-16-22-36(3)27-29-41-37(4)23-17-31-45(41,7)8)19-14-15-20-35(2)28-30-42(47)39(6)33-43(44-38(5)24-18-32-46(44,9)10)50(48,49)40-25-12-11-13-26-40/h11-16,19-22,25-27,29,33,42-43H,17-18,23-24,28,30-32H2,1-10H3/b15-14+,21-16+,29-27+,34-19+,35-20+,36-22+,39-33+. The normalized spacial score (nSPS) is 21.2. The van der Waals surface area contributed by atoms with Crippen LogP contribution in [0.1, 0.15) is 121 Å². The first-order valence-corrected chi connectivity index (χ1v) is 20.5. The van der Waals surface area contributed by atoms with Crippen molar-refractivity contribution in [1.29, 1.82) is 0 Å². The molecule has 0 N–H and O–H groups in total. The van der Waals surface area contributed by atoms with E-state index in [9.17, 15) is 8.42 Å². The number of hydrogen-bond donors (Lipinski definition) is 0. The smallest absolute Gasteiger partial charge is 0.188 e. The van der Waals surface area contributed by atoms with Crippen molar-refractivity contribution in [2.24, 2.45) is 10.8 Å². The summed E-state index contributed by atoms with van der Waals surface area (Å²) in [5, 5.41) is -0.978. The minimum atomic E-state index is -3.64. The van der Waals surface area contributed by atoms with Crippen LogP contribution >= 0.6 is 11.6 Å². The highest BCUT2D eigenvalue weighted by Crippen LogP contribution is 2.45. The highest BCUT2D eigenvalue weighted by Gasteiger charge is 2.39. The fourth-order valence-corrected chi connectivity index (χ4v) is 9.71. The van der Waals surface area contributed by atoms with Crippen LogP contribution in [0.4, 0.5) is 0 Å². The third-order valence-electron chi connectivity index (χ3n) is 10.6. The molecule has 1 aromatic rings. The molecular formula is C46H63ClO2S. The van der Waals surface area contributed by atoms with Crippen LogP contribution in [0.5, 0.6) is 0 Å². The second-order valence-electron chi connectivity index (χ2n) is 16.0. The Morgan fingerprint density at radius 1 is 0.800 bits per heavy atom. The van der Waals surface area contributed by atoms with Gasteiger partial charge in [-0.25, -0.2) is 8.42 Å². The van der Waals surface area contributed by atoms with Gasteiger partial charge in [0.05, 0.1) is 10.3 Å². The molecule has 3 rings (SSSR count). The predicted octanol–water partition coefficient (Wildman–Crippen LogP) is 13.7. The molecule has 50 heavy (non-hydrogen) atoms. The average molecular weight is 716 g/mol. The topological polar surface area (TPSA) is 34.1 Å². The number of sulfone groups is 1. The summed E-state index contributed by atoms with van der Waals surface area (Å²) in [6.07, 6.45) is 29.7. The maximum Gasteiger partial charge on any atom is 0.188 e. The summed E-state index contributed by atoms with van der Waals surface area (Å²) in [7, 11) is -3.64. The second kappa shape index (κ2) is 18.6. The molecule has 0 fully saturated rings. The van der Waals surface area contributed by atoms with Crippen LogP contribution in [0.3, 0.4) is 0 Å². The molecule has 2 aliphatic rings. The molecule has 2 nitrogen and oxygen atoms in total. The molecule has 0 bridgehead atoms. The molecule has 0 aliphatic heterocycles. The Morgan fingerprint density at radius 2 is 1.38 bits per heavy atom. The third-order valence-corrected chi connectivity index (χ3v) is 13.1. The summed E-state index contributed by atoms with van der Waals surface area (Å²) in [5.41, 5.74) is 9.88. The van der Waals surface area contributed by atoms with Crippen LogP contribution in [0.15, 0.2) is 141 Å². The molecule has 0 radical (unpaired) electrons. The highest BCUT2D eigenvalue weighted by molar-refractivity contribution is 7.92. The van der Waals surface area contributed by atoms with Crippen LogP contribution in [-0.4, -0.2) is 19.0 Å². The SMILES string of the molecule is CC1=C(/C=C/C(C)=C/C=C/C(C)=C/C=C/C=C(\C)CCC(Cl)/C(C)=C/C(C2=C(C)CCCC2(C)C)S(=O)(=O)c2ccccc2)C(C)(C)CCC1. The zero-order valence-corrected chi connectivity index (χ0v) is 34.1. The molecule has 0 saturated carbocycles. The van der Waals surface area contributed by atoms with Gasteiger partial charge < -0.3 is 0 Å².